The van der Waals surface area contributed by atoms with E-state index < -0.39 is 5.97 Å². The summed E-state index contributed by atoms with van der Waals surface area (Å²) in [6.45, 7) is 6.38. The first kappa shape index (κ1) is 19.4. The lowest BCUT2D eigenvalue weighted by molar-refractivity contribution is -0.146. The molecule has 2 saturated heterocycles. The number of carbonyl (C=O) groups is 2. The molecule has 0 aromatic heterocycles. The molecule has 3 unspecified atom stereocenters. The summed E-state index contributed by atoms with van der Waals surface area (Å²) in [5.74, 6) is 0.414. The molecule has 1 aromatic carbocycles. The van der Waals surface area contributed by atoms with Crippen LogP contribution in [0.5, 0.6) is 0 Å². The molecule has 4 rings (SSSR count). The van der Waals surface area contributed by atoms with E-state index in [-0.39, 0.29) is 29.8 Å². The van der Waals surface area contributed by atoms with Crippen molar-refractivity contribution in [3.05, 3.63) is 35.4 Å². The number of carbonyl (C=O) groups excluding carboxylic acids is 1. The minimum absolute atomic E-state index is 0.121. The zero-order valence-corrected chi connectivity index (χ0v) is 16.8. The van der Waals surface area contributed by atoms with E-state index in [0.29, 0.717) is 24.9 Å². The van der Waals surface area contributed by atoms with Gasteiger partial charge >= 0.3 is 5.97 Å². The number of rotatable bonds is 5. The van der Waals surface area contributed by atoms with Gasteiger partial charge in [0.05, 0.1) is 12.0 Å². The molecule has 4 atom stereocenters. The highest BCUT2D eigenvalue weighted by Crippen LogP contribution is 2.49. The molecule has 1 N–H and O–H groups in total. The summed E-state index contributed by atoms with van der Waals surface area (Å²) in [7, 11) is 0. The van der Waals surface area contributed by atoms with E-state index in [1.165, 1.54) is 11.1 Å². The molecule has 3 aliphatic rings. The highest BCUT2D eigenvalue weighted by molar-refractivity contribution is 5.83. The number of hydrogen-bond acceptors (Lipinski definition) is 3. The van der Waals surface area contributed by atoms with Crippen LogP contribution in [0.3, 0.4) is 0 Å². The Morgan fingerprint density at radius 1 is 1.07 bits per heavy atom. The standard InChI is InChI=1S/C23H31NO4/c1-14(2)15-3-5-16(6-4-15)19-13-20(19)22(25)24-10-7-17(8-11-24)21-18(23(26)27)9-12-28-21/h3-6,14,17-21H,7-13H2,1-2H3,(H,26,27)/t18?,19?,20?,21-/m0/s1. The Bertz CT molecular complexity index is 721. The Morgan fingerprint density at radius 3 is 2.36 bits per heavy atom. The van der Waals surface area contributed by atoms with Gasteiger partial charge in [-0.25, -0.2) is 0 Å². The number of amides is 1. The van der Waals surface area contributed by atoms with Gasteiger partial charge in [-0.05, 0) is 54.6 Å². The molecule has 0 bridgehead atoms. The maximum absolute atomic E-state index is 12.9. The summed E-state index contributed by atoms with van der Waals surface area (Å²) in [4.78, 5) is 26.3. The Kier molecular flexibility index (Phi) is 5.46. The van der Waals surface area contributed by atoms with Gasteiger partial charge in [0.2, 0.25) is 5.91 Å². The van der Waals surface area contributed by atoms with E-state index in [1.54, 1.807) is 0 Å². The average Bonchev–Trinajstić information content (AvgIpc) is 3.34. The first-order valence-corrected chi connectivity index (χ1v) is 10.7. The van der Waals surface area contributed by atoms with Gasteiger partial charge < -0.3 is 14.7 Å². The smallest absolute Gasteiger partial charge is 0.309 e. The summed E-state index contributed by atoms with van der Waals surface area (Å²) in [5.41, 5.74) is 2.62. The van der Waals surface area contributed by atoms with Gasteiger partial charge in [-0.2, -0.15) is 0 Å². The quantitative estimate of drug-likeness (QED) is 0.840. The van der Waals surface area contributed by atoms with Crippen LogP contribution in [-0.2, 0) is 14.3 Å². The fourth-order valence-corrected chi connectivity index (χ4v) is 4.99. The van der Waals surface area contributed by atoms with Gasteiger partial charge in [-0.15, -0.1) is 0 Å². The zero-order chi connectivity index (χ0) is 19.8. The normalized spacial score (nSPS) is 30.6. The van der Waals surface area contributed by atoms with Crippen molar-refractivity contribution in [1.29, 1.82) is 0 Å². The number of benzene rings is 1. The van der Waals surface area contributed by atoms with Gasteiger partial charge in [-0.1, -0.05) is 38.1 Å². The maximum atomic E-state index is 12.9. The molecular weight excluding hydrogens is 354 g/mol. The second kappa shape index (κ2) is 7.86. The highest BCUT2D eigenvalue weighted by atomic mass is 16.5. The zero-order valence-electron chi connectivity index (χ0n) is 16.8. The van der Waals surface area contributed by atoms with E-state index in [1.807, 2.05) is 4.90 Å². The van der Waals surface area contributed by atoms with Gasteiger partial charge in [0.15, 0.2) is 0 Å². The lowest BCUT2D eigenvalue weighted by Crippen LogP contribution is -2.44. The first-order chi connectivity index (χ1) is 13.5. The van der Waals surface area contributed by atoms with Crippen molar-refractivity contribution in [2.24, 2.45) is 17.8 Å². The second-order valence-corrected chi connectivity index (χ2v) is 9.00. The van der Waals surface area contributed by atoms with Crippen LogP contribution in [0.25, 0.3) is 0 Å². The molecule has 2 heterocycles. The van der Waals surface area contributed by atoms with Crippen LogP contribution in [-0.4, -0.2) is 47.7 Å². The van der Waals surface area contributed by atoms with Crippen molar-refractivity contribution in [3.63, 3.8) is 0 Å². The number of hydrogen-bond donors (Lipinski definition) is 1. The predicted molar refractivity (Wildman–Crippen MR) is 106 cm³/mol. The Morgan fingerprint density at radius 2 is 1.75 bits per heavy atom. The summed E-state index contributed by atoms with van der Waals surface area (Å²) >= 11 is 0. The number of ether oxygens (including phenoxy) is 1. The third kappa shape index (κ3) is 3.82. The molecule has 5 nitrogen and oxygen atoms in total. The van der Waals surface area contributed by atoms with Crippen molar-refractivity contribution in [3.8, 4) is 0 Å². The van der Waals surface area contributed by atoms with Crippen molar-refractivity contribution in [1.82, 2.24) is 4.90 Å². The SMILES string of the molecule is CC(C)c1ccc(C2CC2C(=O)N2CCC([C@@H]3OCCC3C(=O)O)CC2)cc1. The third-order valence-electron chi connectivity index (χ3n) is 6.91. The van der Waals surface area contributed by atoms with Gasteiger partial charge in [0.1, 0.15) is 0 Å². The molecule has 5 heteroatoms. The topological polar surface area (TPSA) is 66.8 Å². The molecule has 152 valence electrons. The fourth-order valence-electron chi connectivity index (χ4n) is 4.99. The van der Waals surface area contributed by atoms with Crippen LogP contribution in [0.15, 0.2) is 24.3 Å². The molecule has 0 radical (unpaired) electrons. The number of piperidine rings is 1. The number of likely N-dealkylation sites (tertiary alicyclic amines) is 1. The molecule has 2 aliphatic heterocycles. The Hall–Kier alpha value is -1.88. The fraction of sp³-hybridized carbons (Fsp3) is 0.652. The molecule has 28 heavy (non-hydrogen) atoms. The van der Waals surface area contributed by atoms with Crippen molar-refractivity contribution in [2.75, 3.05) is 19.7 Å². The van der Waals surface area contributed by atoms with Gasteiger partial charge in [0, 0.05) is 25.6 Å². The van der Waals surface area contributed by atoms with E-state index >= 15 is 0 Å². The van der Waals surface area contributed by atoms with E-state index in [0.717, 1.165) is 32.4 Å². The Balaban J connectivity index is 1.30. The van der Waals surface area contributed by atoms with Crippen LogP contribution in [0.1, 0.15) is 62.5 Å². The van der Waals surface area contributed by atoms with Crippen LogP contribution in [0.4, 0.5) is 0 Å². The predicted octanol–water partition coefficient (Wildman–Crippen LogP) is 3.64. The van der Waals surface area contributed by atoms with Crippen LogP contribution in [0, 0.1) is 17.8 Å². The summed E-state index contributed by atoms with van der Waals surface area (Å²) in [6.07, 6.45) is 3.08. The van der Waals surface area contributed by atoms with E-state index in [4.69, 9.17) is 4.74 Å². The van der Waals surface area contributed by atoms with Crippen LogP contribution in [0.2, 0.25) is 0 Å². The number of carboxylic acids is 1. The largest absolute Gasteiger partial charge is 0.481 e. The second-order valence-electron chi connectivity index (χ2n) is 9.00. The highest BCUT2D eigenvalue weighted by Gasteiger charge is 2.47. The average molecular weight is 386 g/mol. The lowest BCUT2D eigenvalue weighted by Gasteiger charge is -2.35. The third-order valence-corrected chi connectivity index (χ3v) is 6.91. The maximum Gasteiger partial charge on any atom is 0.309 e. The number of aliphatic carboxylic acids is 1. The molecule has 1 aliphatic carbocycles. The molecule has 1 saturated carbocycles. The molecular formula is C23H31NO4. The van der Waals surface area contributed by atoms with Crippen LogP contribution >= 0.6 is 0 Å². The van der Waals surface area contributed by atoms with Gasteiger partial charge in [0.25, 0.3) is 0 Å². The summed E-state index contributed by atoms with van der Waals surface area (Å²) in [6, 6.07) is 8.74. The van der Waals surface area contributed by atoms with Crippen molar-refractivity contribution < 1.29 is 19.4 Å². The molecule has 0 spiro atoms. The first-order valence-electron chi connectivity index (χ1n) is 10.7. The Labute approximate surface area is 167 Å². The summed E-state index contributed by atoms with van der Waals surface area (Å²) < 4.78 is 5.74. The minimum atomic E-state index is -0.745. The lowest BCUT2D eigenvalue weighted by atomic mass is 9.84. The van der Waals surface area contributed by atoms with Gasteiger partial charge in [-0.3, -0.25) is 9.59 Å². The van der Waals surface area contributed by atoms with Crippen LogP contribution < -0.4 is 0 Å². The van der Waals surface area contributed by atoms with Crippen molar-refractivity contribution in [2.45, 2.75) is 57.5 Å². The monoisotopic (exact) mass is 385 g/mol. The molecule has 1 aromatic rings. The van der Waals surface area contributed by atoms with E-state index in [2.05, 4.69) is 38.1 Å². The number of nitrogens with zero attached hydrogens (tertiary/aromatic N) is 1. The van der Waals surface area contributed by atoms with E-state index in [9.17, 15) is 14.7 Å². The number of carboxylic acid groups (broad SMARTS) is 1. The van der Waals surface area contributed by atoms with Crippen molar-refractivity contribution >= 4 is 11.9 Å². The summed E-state index contributed by atoms with van der Waals surface area (Å²) in [5, 5.41) is 9.38. The molecule has 3 fully saturated rings. The minimum Gasteiger partial charge on any atom is -0.481 e. The molecule has 1 amide bonds.